The lowest BCUT2D eigenvalue weighted by molar-refractivity contribution is 0.371. The Labute approximate surface area is 98.2 Å². The molecule has 0 aliphatic carbocycles. The molecule has 3 nitrogen and oxygen atoms in total. The molecule has 0 amide bonds. The minimum absolute atomic E-state index is 0.195. The van der Waals surface area contributed by atoms with Crippen LogP contribution in [0.25, 0.3) is 0 Å². The number of benzene rings is 1. The first-order valence-corrected chi connectivity index (χ1v) is 5.59. The van der Waals surface area contributed by atoms with Gasteiger partial charge < -0.3 is 15.4 Å². The maximum atomic E-state index is 5.80. The highest BCUT2D eigenvalue weighted by Crippen LogP contribution is 2.21. The van der Waals surface area contributed by atoms with Gasteiger partial charge in [0.15, 0.2) is 0 Å². The maximum absolute atomic E-state index is 5.80. The van der Waals surface area contributed by atoms with Gasteiger partial charge in [0.25, 0.3) is 0 Å². The van der Waals surface area contributed by atoms with Crippen LogP contribution in [0.5, 0.6) is 5.75 Å². The molecular weight excluding hydrogens is 200 g/mol. The third-order valence-electron chi connectivity index (χ3n) is 2.39. The van der Waals surface area contributed by atoms with Gasteiger partial charge in [-0.3, -0.25) is 0 Å². The van der Waals surface area contributed by atoms with E-state index >= 15 is 0 Å². The van der Waals surface area contributed by atoms with Crippen LogP contribution in [-0.2, 0) is 13.0 Å². The van der Waals surface area contributed by atoms with Crippen molar-refractivity contribution in [1.29, 1.82) is 0 Å². The third-order valence-corrected chi connectivity index (χ3v) is 2.39. The van der Waals surface area contributed by atoms with Gasteiger partial charge in [0.1, 0.15) is 5.75 Å². The molecule has 0 heterocycles. The Bertz CT molecular complexity index is 335. The number of hydrogen-bond acceptors (Lipinski definition) is 3. The maximum Gasteiger partial charge on any atom is 0.123 e. The molecule has 0 saturated carbocycles. The molecule has 0 saturated heterocycles. The van der Waals surface area contributed by atoms with E-state index in [2.05, 4.69) is 31.1 Å². The fourth-order valence-electron chi connectivity index (χ4n) is 1.79. The number of methoxy groups -OCH3 is 1. The number of ether oxygens (including phenoxy) is 1. The molecule has 3 heteroatoms. The third kappa shape index (κ3) is 3.83. The van der Waals surface area contributed by atoms with Gasteiger partial charge in [-0.05, 0) is 39.1 Å². The molecule has 0 aliphatic heterocycles. The standard InChI is InChI=1S/C13H22N2O/c1-10(14)7-11-5-6-13(16-4)12(8-11)9-15(2)3/h5-6,8,10H,7,9,14H2,1-4H3/t10-/m1/s1. The van der Waals surface area contributed by atoms with Gasteiger partial charge in [-0.2, -0.15) is 0 Å². The summed E-state index contributed by atoms with van der Waals surface area (Å²) in [6.07, 6.45) is 0.907. The largest absolute Gasteiger partial charge is 0.496 e. The number of nitrogens with two attached hydrogens (primary N) is 1. The first-order chi connectivity index (χ1) is 7.52. The summed E-state index contributed by atoms with van der Waals surface area (Å²) in [6, 6.07) is 6.49. The van der Waals surface area contributed by atoms with Gasteiger partial charge in [-0.15, -0.1) is 0 Å². The molecule has 0 bridgehead atoms. The average molecular weight is 222 g/mol. The Hall–Kier alpha value is -1.06. The number of rotatable bonds is 5. The van der Waals surface area contributed by atoms with Crippen LogP contribution in [0, 0.1) is 0 Å². The van der Waals surface area contributed by atoms with E-state index in [4.69, 9.17) is 10.5 Å². The highest BCUT2D eigenvalue weighted by atomic mass is 16.5. The van der Waals surface area contributed by atoms with E-state index in [1.165, 1.54) is 11.1 Å². The van der Waals surface area contributed by atoms with Gasteiger partial charge >= 0.3 is 0 Å². The second-order valence-electron chi connectivity index (χ2n) is 4.57. The van der Waals surface area contributed by atoms with Gasteiger partial charge in [0, 0.05) is 18.2 Å². The van der Waals surface area contributed by atoms with Crippen molar-refractivity contribution < 1.29 is 4.74 Å². The molecule has 0 aliphatic rings. The van der Waals surface area contributed by atoms with Crippen LogP contribution in [0.3, 0.4) is 0 Å². The molecule has 0 fully saturated rings. The molecule has 1 atom stereocenters. The lowest BCUT2D eigenvalue weighted by atomic mass is 10.0. The lowest BCUT2D eigenvalue weighted by Crippen LogP contribution is -2.18. The van der Waals surface area contributed by atoms with Crippen LogP contribution in [0.1, 0.15) is 18.1 Å². The van der Waals surface area contributed by atoms with Crippen molar-refractivity contribution >= 4 is 0 Å². The number of hydrogen-bond donors (Lipinski definition) is 1. The molecule has 0 unspecified atom stereocenters. The summed E-state index contributed by atoms with van der Waals surface area (Å²) in [7, 11) is 5.81. The lowest BCUT2D eigenvalue weighted by Gasteiger charge is -2.15. The summed E-state index contributed by atoms with van der Waals surface area (Å²) in [4.78, 5) is 2.13. The van der Waals surface area contributed by atoms with Crippen molar-refractivity contribution in [2.75, 3.05) is 21.2 Å². The predicted octanol–water partition coefficient (Wildman–Crippen LogP) is 1.65. The molecular formula is C13H22N2O. The normalized spacial score (nSPS) is 12.9. The quantitative estimate of drug-likeness (QED) is 0.823. The first kappa shape index (κ1) is 13.0. The van der Waals surface area contributed by atoms with E-state index < -0.39 is 0 Å². The smallest absolute Gasteiger partial charge is 0.123 e. The van der Waals surface area contributed by atoms with Crippen molar-refractivity contribution in [3.8, 4) is 5.75 Å². The molecule has 90 valence electrons. The fourth-order valence-corrected chi connectivity index (χ4v) is 1.79. The Balaban J connectivity index is 2.91. The van der Waals surface area contributed by atoms with Crippen LogP contribution in [0.4, 0.5) is 0 Å². The highest BCUT2D eigenvalue weighted by Gasteiger charge is 2.06. The van der Waals surface area contributed by atoms with Gasteiger partial charge in [-0.25, -0.2) is 0 Å². The van der Waals surface area contributed by atoms with E-state index in [1.807, 2.05) is 13.0 Å². The van der Waals surface area contributed by atoms with E-state index in [0.717, 1.165) is 18.7 Å². The van der Waals surface area contributed by atoms with E-state index in [0.29, 0.717) is 0 Å². The summed E-state index contributed by atoms with van der Waals surface area (Å²) >= 11 is 0. The minimum atomic E-state index is 0.195. The van der Waals surface area contributed by atoms with Crippen molar-refractivity contribution in [3.05, 3.63) is 29.3 Å². The zero-order valence-electron chi connectivity index (χ0n) is 10.7. The minimum Gasteiger partial charge on any atom is -0.496 e. The van der Waals surface area contributed by atoms with Gasteiger partial charge in [0.2, 0.25) is 0 Å². The zero-order valence-corrected chi connectivity index (χ0v) is 10.7. The van der Waals surface area contributed by atoms with Gasteiger partial charge in [0.05, 0.1) is 7.11 Å². The van der Waals surface area contributed by atoms with Crippen LogP contribution < -0.4 is 10.5 Å². The second kappa shape index (κ2) is 5.87. The first-order valence-electron chi connectivity index (χ1n) is 5.59. The van der Waals surface area contributed by atoms with Crippen molar-refractivity contribution in [2.24, 2.45) is 5.73 Å². The summed E-state index contributed by atoms with van der Waals surface area (Å²) in [6.45, 7) is 2.91. The van der Waals surface area contributed by atoms with Crippen molar-refractivity contribution in [1.82, 2.24) is 4.90 Å². The molecule has 1 rings (SSSR count). The molecule has 2 N–H and O–H groups in total. The van der Waals surface area contributed by atoms with Gasteiger partial charge in [-0.1, -0.05) is 12.1 Å². The zero-order chi connectivity index (χ0) is 12.1. The summed E-state index contributed by atoms with van der Waals surface area (Å²) in [5, 5.41) is 0. The Kier molecular flexibility index (Phi) is 4.77. The topological polar surface area (TPSA) is 38.5 Å². The monoisotopic (exact) mass is 222 g/mol. The highest BCUT2D eigenvalue weighted by molar-refractivity contribution is 5.37. The average Bonchev–Trinajstić information content (AvgIpc) is 2.16. The van der Waals surface area contributed by atoms with E-state index in [1.54, 1.807) is 7.11 Å². The van der Waals surface area contributed by atoms with Crippen LogP contribution in [0.2, 0.25) is 0 Å². The predicted molar refractivity (Wildman–Crippen MR) is 67.7 cm³/mol. The van der Waals surface area contributed by atoms with Crippen LogP contribution >= 0.6 is 0 Å². The Morgan fingerprint density at radius 1 is 1.38 bits per heavy atom. The van der Waals surface area contributed by atoms with E-state index in [-0.39, 0.29) is 6.04 Å². The van der Waals surface area contributed by atoms with Crippen molar-refractivity contribution in [2.45, 2.75) is 25.9 Å². The SMILES string of the molecule is COc1ccc(C[C@@H](C)N)cc1CN(C)C. The molecule has 1 aromatic rings. The van der Waals surface area contributed by atoms with Crippen LogP contribution in [-0.4, -0.2) is 32.1 Å². The van der Waals surface area contributed by atoms with E-state index in [9.17, 15) is 0 Å². The molecule has 16 heavy (non-hydrogen) atoms. The fraction of sp³-hybridized carbons (Fsp3) is 0.538. The second-order valence-corrected chi connectivity index (χ2v) is 4.57. The van der Waals surface area contributed by atoms with Crippen molar-refractivity contribution in [3.63, 3.8) is 0 Å². The Morgan fingerprint density at radius 2 is 2.06 bits per heavy atom. The number of nitrogens with zero attached hydrogens (tertiary/aromatic N) is 1. The molecule has 0 spiro atoms. The summed E-state index contributed by atoms with van der Waals surface area (Å²) in [5.41, 5.74) is 8.29. The summed E-state index contributed by atoms with van der Waals surface area (Å²) < 4.78 is 5.35. The molecule has 0 radical (unpaired) electrons. The molecule has 1 aromatic carbocycles. The molecule has 0 aromatic heterocycles. The Morgan fingerprint density at radius 3 is 2.56 bits per heavy atom. The van der Waals surface area contributed by atoms with Crippen LogP contribution in [0.15, 0.2) is 18.2 Å². The summed E-state index contributed by atoms with van der Waals surface area (Å²) in [5.74, 6) is 0.946.